The molecule has 78 valence electrons. The summed E-state index contributed by atoms with van der Waals surface area (Å²) in [7, 11) is 0. The van der Waals surface area contributed by atoms with Crippen molar-refractivity contribution in [3.63, 3.8) is 0 Å². The maximum atomic E-state index is 5.86. The Balaban J connectivity index is 2.96. The molecule has 0 aliphatic heterocycles. The highest BCUT2D eigenvalue weighted by molar-refractivity contribution is 14.1. The number of halogens is 3. The standard InChI is InChI=1S/C10H11I3O/c1-3-6(2)14-10-8(12)4-7(11)5-9(10)13/h4-6H,3H2,1-2H3. The largest absolute Gasteiger partial charge is 0.489 e. The Labute approximate surface area is 126 Å². The van der Waals surface area contributed by atoms with Gasteiger partial charge in [0.2, 0.25) is 0 Å². The van der Waals surface area contributed by atoms with Gasteiger partial charge in [0.15, 0.2) is 0 Å². The smallest absolute Gasteiger partial charge is 0.146 e. The van der Waals surface area contributed by atoms with Gasteiger partial charge in [0.1, 0.15) is 5.75 Å². The van der Waals surface area contributed by atoms with Gasteiger partial charge in [-0.05, 0) is 93.2 Å². The molecule has 0 aliphatic carbocycles. The minimum absolute atomic E-state index is 0.289. The number of ether oxygens (including phenoxy) is 1. The van der Waals surface area contributed by atoms with E-state index in [9.17, 15) is 0 Å². The molecule has 0 bridgehead atoms. The monoisotopic (exact) mass is 528 g/mol. The van der Waals surface area contributed by atoms with Crippen LogP contribution in [0.3, 0.4) is 0 Å². The number of benzene rings is 1. The maximum Gasteiger partial charge on any atom is 0.146 e. The second-order valence-corrected chi connectivity index (χ2v) is 6.61. The molecule has 0 saturated heterocycles. The third kappa shape index (κ3) is 3.66. The van der Waals surface area contributed by atoms with Crippen LogP contribution in [-0.2, 0) is 0 Å². The van der Waals surface area contributed by atoms with E-state index in [4.69, 9.17) is 4.74 Å². The molecule has 0 radical (unpaired) electrons. The van der Waals surface area contributed by atoms with E-state index < -0.39 is 0 Å². The van der Waals surface area contributed by atoms with Crippen molar-refractivity contribution < 1.29 is 4.74 Å². The Morgan fingerprint density at radius 2 is 1.71 bits per heavy atom. The van der Waals surface area contributed by atoms with Gasteiger partial charge in [0, 0.05) is 3.57 Å². The van der Waals surface area contributed by atoms with Gasteiger partial charge in [0.25, 0.3) is 0 Å². The molecule has 0 aromatic heterocycles. The molecule has 0 N–H and O–H groups in total. The van der Waals surface area contributed by atoms with Crippen molar-refractivity contribution in [2.45, 2.75) is 26.4 Å². The summed E-state index contributed by atoms with van der Waals surface area (Å²) in [5.41, 5.74) is 0. The first-order valence-corrected chi connectivity index (χ1v) is 7.59. The number of hydrogen-bond acceptors (Lipinski definition) is 1. The lowest BCUT2D eigenvalue weighted by Crippen LogP contribution is -2.11. The van der Waals surface area contributed by atoms with Crippen LogP contribution in [0.4, 0.5) is 0 Å². The molecule has 0 spiro atoms. The van der Waals surface area contributed by atoms with Crippen molar-refractivity contribution in [2.75, 3.05) is 0 Å². The lowest BCUT2D eigenvalue weighted by molar-refractivity contribution is 0.214. The quantitative estimate of drug-likeness (QED) is 0.519. The molecule has 1 rings (SSSR count). The van der Waals surface area contributed by atoms with Crippen molar-refractivity contribution in [1.82, 2.24) is 0 Å². The van der Waals surface area contributed by atoms with Gasteiger partial charge in [-0.15, -0.1) is 0 Å². The summed E-state index contributed by atoms with van der Waals surface area (Å²) < 4.78 is 9.51. The highest BCUT2D eigenvalue weighted by atomic mass is 127. The molecular weight excluding hydrogens is 517 g/mol. The average molecular weight is 528 g/mol. The second kappa shape index (κ2) is 6.07. The fourth-order valence-electron chi connectivity index (χ4n) is 0.926. The summed E-state index contributed by atoms with van der Waals surface area (Å²) in [5.74, 6) is 1.03. The minimum Gasteiger partial charge on any atom is -0.489 e. The first kappa shape index (κ1) is 13.3. The van der Waals surface area contributed by atoms with Crippen LogP contribution in [0.15, 0.2) is 12.1 Å². The topological polar surface area (TPSA) is 9.23 Å². The van der Waals surface area contributed by atoms with Crippen LogP contribution in [-0.4, -0.2) is 6.10 Å². The normalized spacial score (nSPS) is 12.6. The van der Waals surface area contributed by atoms with Crippen LogP contribution in [0.2, 0.25) is 0 Å². The summed E-state index contributed by atoms with van der Waals surface area (Å²) in [6, 6.07) is 4.28. The van der Waals surface area contributed by atoms with E-state index in [1.807, 2.05) is 0 Å². The molecule has 14 heavy (non-hydrogen) atoms. The molecule has 0 saturated carbocycles. The van der Waals surface area contributed by atoms with E-state index in [0.29, 0.717) is 0 Å². The molecule has 1 unspecified atom stereocenters. The molecule has 0 fully saturated rings. The van der Waals surface area contributed by atoms with Crippen molar-refractivity contribution in [2.24, 2.45) is 0 Å². The SMILES string of the molecule is CCC(C)Oc1c(I)cc(I)cc1I. The summed E-state index contributed by atoms with van der Waals surface area (Å²) >= 11 is 6.98. The first-order chi connectivity index (χ1) is 6.54. The molecule has 1 aromatic rings. The average Bonchev–Trinajstić information content (AvgIpc) is 2.10. The zero-order chi connectivity index (χ0) is 10.7. The summed E-state index contributed by atoms with van der Waals surface area (Å²) in [6.45, 7) is 4.24. The summed E-state index contributed by atoms with van der Waals surface area (Å²) in [5, 5.41) is 0. The highest BCUT2D eigenvalue weighted by Gasteiger charge is 2.10. The molecule has 0 heterocycles. The Morgan fingerprint density at radius 1 is 1.21 bits per heavy atom. The fraction of sp³-hybridized carbons (Fsp3) is 0.400. The lowest BCUT2D eigenvalue weighted by Gasteiger charge is -2.15. The second-order valence-electron chi connectivity index (χ2n) is 3.04. The van der Waals surface area contributed by atoms with Crippen molar-refractivity contribution >= 4 is 67.8 Å². The molecule has 0 amide bonds. The van der Waals surface area contributed by atoms with E-state index in [2.05, 4.69) is 93.8 Å². The minimum atomic E-state index is 0.289. The van der Waals surface area contributed by atoms with Crippen molar-refractivity contribution in [3.05, 3.63) is 22.8 Å². The summed E-state index contributed by atoms with van der Waals surface area (Å²) in [6.07, 6.45) is 1.33. The molecule has 1 atom stereocenters. The first-order valence-electron chi connectivity index (χ1n) is 4.35. The van der Waals surface area contributed by atoms with E-state index in [1.54, 1.807) is 0 Å². The van der Waals surface area contributed by atoms with Crippen LogP contribution in [0.1, 0.15) is 20.3 Å². The van der Waals surface area contributed by atoms with Crippen LogP contribution in [0.5, 0.6) is 5.75 Å². The van der Waals surface area contributed by atoms with Crippen LogP contribution >= 0.6 is 67.8 Å². The van der Waals surface area contributed by atoms with Gasteiger partial charge in [-0.1, -0.05) is 6.92 Å². The zero-order valence-electron chi connectivity index (χ0n) is 7.98. The molecular formula is C10H11I3O. The van der Waals surface area contributed by atoms with Crippen LogP contribution < -0.4 is 4.74 Å². The molecule has 1 nitrogen and oxygen atoms in total. The number of hydrogen-bond donors (Lipinski definition) is 0. The molecule has 0 aliphatic rings. The Kier molecular flexibility index (Phi) is 5.76. The van der Waals surface area contributed by atoms with E-state index >= 15 is 0 Å². The Hall–Kier alpha value is 1.21. The highest BCUT2D eigenvalue weighted by Crippen LogP contribution is 2.30. The van der Waals surface area contributed by atoms with Crippen molar-refractivity contribution in [3.8, 4) is 5.75 Å². The van der Waals surface area contributed by atoms with Crippen molar-refractivity contribution in [1.29, 1.82) is 0 Å². The Morgan fingerprint density at radius 3 is 2.14 bits per heavy atom. The predicted molar refractivity (Wildman–Crippen MR) is 85.0 cm³/mol. The third-order valence-corrected chi connectivity index (χ3v) is 4.08. The predicted octanol–water partition coefficient (Wildman–Crippen LogP) is 4.68. The van der Waals surface area contributed by atoms with Gasteiger partial charge in [0.05, 0.1) is 13.2 Å². The lowest BCUT2D eigenvalue weighted by atomic mass is 10.3. The van der Waals surface area contributed by atoms with E-state index in [1.165, 1.54) is 10.7 Å². The van der Waals surface area contributed by atoms with Gasteiger partial charge in [-0.25, -0.2) is 0 Å². The van der Waals surface area contributed by atoms with Crippen LogP contribution in [0.25, 0.3) is 0 Å². The van der Waals surface area contributed by atoms with Crippen LogP contribution in [0, 0.1) is 10.7 Å². The molecule has 4 heteroatoms. The van der Waals surface area contributed by atoms with Gasteiger partial charge < -0.3 is 4.74 Å². The summed E-state index contributed by atoms with van der Waals surface area (Å²) in [4.78, 5) is 0. The Bertz CT molecular complexity index is 302. The fourth-order valence-corrected chi connectivity index (χ4v) is 4.76. The van der Waals surface area contributed by atoms with E-state index in [0.717, 1.165) is 12.2 Å². The van der Waals surface area contributed by atoms with Gasteiger partial charge in [-0.3, -0.25) is 0 Å². The third-order valence-electron chi connectivity index (χ3n) is 1.86. The maximum absolute atomic E-state index is 5.86. The van der Waals surface area contributed by atoms with E-state index in [-0.39, 0.29) is 6.10 Å². The van der Waals surface area contributed by atoms with Gasteiger partial charge >= 0.3 is 0 Å². The number of rotatable bonds is 3. The molecule has 1 aromatic carbocycles. The van der Waals surface area contributed by atoms with Gasteiger partial charge in [-0.2, -0.15) is 0 Å². The zero-order valence-corrected chi connectivity index (χ0v) is 14.5.